The lowest BCUT2D eigenvalue weighted by atomic mass is 10.1. The van der Waals surface area contributed by atoms with Crippen LogP contribution < -0.4 is 10.6 Å². The first kappa shape index (κ1) is 18.3. The second-order valence-corrected chi connectivity index (χ2v) is 7.87. The lowest BCUT2D eigenvalue weighted by Gasteiger charge is -2.14. The van der Waals surface area contributed by atoms with Gasteiger partial charge in [0.25, 0.3) is 11.8 Å². The highest BCUT2D eigenvalue weighted by atomic mass is 32.1. The monoisotopic (exact) mass is 392 g/mol. The third-order valence-corrected chi connectivity index (χ3v) is 5.68. The van der Waals surface area contributed by atoms with Crippen molar-refractivity contribution < 1.29 is 9.59 Å². The zero-order valence-electron chi connectivity index (χ0n) is 15.4. The smallest absolute Gasteiger partial charge is 0.286 e. The molecule has 1 saturated carbocycles. The van der Waals surface area contributed by atoms with Crippen molar-refractivity contribution >= 4 is 28.8 Å². The lowest BCUT2D eigenvalue weighted by Crippen LogP contribution is -2.26. The van der Waals surface area contributed by atoms with Gasteiger partial charge < -0.3 is 10.6 Å². The number of nitrogens with zero attached hydrogens (tertiary/aromatic N) is 2. The van der Waals surface area contributed by atoms with Gasteiger partial charge in [-0.25, -0.2) is 0 Å². The van der Waals surface area contributed by atoms with Crippen LogP contribution in [-0.4, -0.2) is 22.0 Å². The number of carbonyl (C=O) groups is 2. The Labute approximate surface area is 167 Å². The number of benzene rings is 2. The molecular weight excluding hydrogens is 372 g/mol. The molecule has 1 heterocycles. The predicted molar refractivity (Wildman–Crippen MR) is 109 cm³/mol. The number of aromatic nitrogens is 2. The summed E-state index contributed by atoms with van der Waals surface area (Å²) in [7, 11) is 0. The van der Waals surface area contributed by atoms with E-state index in [1.165, 1.54) is 11.3 Å². The number of carbonyl (C=O) groups excluding carboxylic acids is 2. The standard InChI is InChI=1S/C21H20N4O2S/c1-13(14-6-3-2-4-7-14)22-18(26)16-8-5-9-17(12-16)23-19(27)21-25-24-20(28-21)15-10-11-15/h2-9,12-13,15H,10-11H2,1H3,(H,22,26)(H,23,27)/t13-/m1/s1. The van der Waals surface area contributed by atoms with E-state index < -0.39 is 0 Å². The molecule has 0 unspecified atom stereocenters. The summed E-state index contributed by atoms with van der Waals surface area (Å²) in [5.41, 5.74) is 2.06. The quantitative estimate of drug-likeness (QED) is 0.660. The van der Waals surface area contributed by atoms with Crippen LogP contribution in [0.25, 0.3) is 0 Å². The van der Waals surface area contributed by atoms with E-state index in [1.807, 2.05) is 37.3 Å². The lowest BCUT2D eigenvalue weighted by molar-refractivity contribution is 0.0938. The first-order valence-corrected chi connectivity index (χ1v) is 10.0. The number of anilines is 1. The van der Waals surface area contributed by atoms with Crippen LogP contribution in [0, 0.1) is 0 Å². The Morgan fingerprint density at radius 3 is 2.57 bits per heavy atom. The molecule has 28 heavy (non-hydrogen) atoms. The summed E-state index contributed by atoms with van der Waals surface area (Å²) >= 11 is 1.33. The maximum Gasteiger partial charge on any atom is 0.286 e. The fourth-order valence-corrected chi connectivity index (χ4v) is 3.76. The molecule has 0 spiro atoms. The minimum Gasteiger partial charge on any atom is -0.346 e. The molecule has 7 heteroatoms. The second kappa shape index (κ2) is 7.90. The minimum atomic E-state index is -0.306. The summed E-state index contributed by atoms with van der Waals surface area (Å²) < 4.78 is 0. The van der Waals surface area contributed by atoms with E-state index in [0.29, 0.717) is 22.2 Å². The molecule has 142 valence electrons. The molecule has 0 radical (unpaired) electrons. The third-order valence-electron chi connectivity index (χ3n) is 4.59. The number of rotatable bonds is 6. The first-order valence-electron chi connectivity index (χ1n) is 9.21. The van der Waals surface area contributed by atoms with E-state index in [9.17, 15) is 9.59 Å². The number of nitrogens with one attached hydrogen (secondary N) is 2. The van der Waals surface area contributed by atoms with Gasteiger partial charge >= 0.3 is 0 Å². The molecule has 2 N–H and O–H groups in total. The minimum absolute atomic E-state index is 0.116. The van der Waals surface area contributed by atoms with Crippen molar-refractivity contribution in [3.05, 3.63) is 75.7 Å². The van der Waals surface area contributed by atoms with Crippen molar-refractivity contribution in [1.82, 2.24) is 15.5 Å². The Kier molecular flexibility index (Phi) is 5.16. The van der Waals surface area contributed by atoms with Crippen molar-refractivity contribution in [2.24, 2.45) is 0 Å². The number of amides is 2. The van der Waals surface area contributed by atoms with Crippen LogP contribution in [0.15, 0.2) is 54.6 Å². The van der Waals surface area contributed by atoms with E-state index in [4.69, 9.17) is 0 Å². The molecule has 0 bridgehead atoms. The maximum atomic E-state index is 12.6. The van der Waals surface area contributed by atoms with Crippen molar-refractivity contribution in [3.8, 4) is 0 Å². The Hall–Kier alpha value is -3.06. The first-order chi connectivity index (χ1) is 13.6. The Morgan fingerprint density at radius 2 is 1.82 bits per heavy atom. The normalized spacial score (nSPS) is 14.3. The molecular formula is C21H20N4O2S. The average molecular weight is 392 g/mol. The van der Waals surface area contributed by atoms with Gasteiger partial charge in [0.15, 0.2) is 0 Å². The van der Waals surface area contributed by atoms with Gasteiger partial charge in [0.1, 0.15) is 5.01 Å². The predicted octanol–water partition coefficient (Wildman–Crippen LogP) is 4.16. The number of hydrogen-bond donors (Lipinski definition) is 2. The van der Waals surface area contributed by atoms with E-state index in [-0.39, 0.29) is 17.9 Å². The van der Waals surface area contributed by atoms with Gasteiger partial charge in [-0.2, -0.15) is 0 Å². The van der Waals surface area contributed by atoms with Crippen molar-refractivity contribution in [2.45, 2.75) is 31.7 Å². The van der Waals surface area contributed by atoms with Crippen molar-refractivity contribution in [2.75, 3.05) is 5.32 Å². The van der Waals surface area contributed by atoms with Crippen LogP contribution in [0.3, 0.4) is 0 Å². The summed E-state index contributed by atoms with van der Waals surface area (Å²) in [5, 5.41) is 15.1. The molecule has 1 atom stereocenters. The van der Waals surface area contributed by atoms with Gasteiger partial charge in [-0.3, -0.25) is 9.59 Å². The molecule has 0 aliphatic heterocycles. The molecule has 6 nitrogen and oxygen atoms in total. The van der Waals surface area contributed by atoms with Crippen LogP contribution in [0.5, 0.6) is 0 Å². The Bertz CT molecular complexity index is 998. The van der Waals surface area contributed by atoms with Crippen LogP contribution in [0.2, 0.25) is 0 Å². The molecule has 1 fully saturated rings. The summed E-state index contributed by atoms with van der Waals surface area (Å²) in [5.74, 6) is -0.0309. The van der Waals surface area contributed by atoms with Crippen LogP contribution >= 0.6 is 11.3 Å². The largest absolute Gasteiger partial charge is 0.346 e. The van der Waals surface area contributed by atoms with Crippen molar-refractivity contribution in [3.63, 3.8) is 0 Å². The number of hydrogen-bond acceptors (Lipinski definition) is 5. The summed E-state index contributed by atoms with van der Waals surface area (Å²) in [6, 6.07) is 16.5. The summed E-state index contributed by atoms with van der Waals surface area (Å²) in [6.07, 6.45) is 2.24. The van der Waals surface area contributed by atoms with Crippen LogP contribution in [0.4, 0.5) is 5.69 Å². The molecule has 0 saturated heterocycles. The van der Waals surface area contributed by atoms with Gasteiger partial charge in [0.2, 0.25) is 5.01 Å². The highest BCUT2D eigenvalue weighted by molar-refractivity contribution is 7.13. The average Bonchev–Trinajstić information content (AvgIpc) is 3.45. The van der Waals surface area contributed by atoms with Gasteiger partial charge in [0.05, 0.1) is 6.04 Å². The van der Waals surface area contributed by atoms with E-state index in [2.05, 4.69) is 20.8 Å². The zero-order valence-corrected chi connectivity index (χ0v) is 16.2. The molecule has 1 aromatic heterocycles. The Balaban J connectivity index is 1.41. The topological polar surface area (TPSA) is 84.0 Å². The summed E-state index contributed by atoms with van der Waals surface area (Å²) in [4.78, 5) is 25.0. The van der Waals surface area contributed by atoms with Gasteiger partial charge in [-0.15, -0.1) is 10.2 Å². The fraction of sp³-hybridized carbons (Fsp3) is 0.238. The van der Waals surface area contributed by atoms with Crippen LogP contribution in [0.1, 0.15) is 62.5 Å². The highest BCUT2D eigenvalue weighted by Gasteiger charge is 2.28. The molecule has 3 aromatic rings. The van der Waals surface area contributed by atoms with E-state index >= 15 is 0 Å². The van der Waals surface area contributed by atoms with Gasteiger partial charge in [0, 0.05) is 17.2 Å². The third kappa shape index (κ3) is 4.26. The second-order valence-electron chi connectivity index (χ2n) is 6.86. The SMILES string of the molecule is C[C@@H](NC(=O)c1cccc(NC(=O)c2nnc(C3CC3)s2)c1)c1ccccc1. The molecule has 1 aliphatic rings. The molecule has 4 rings (SSSR count). The molecule has 2 aromatic carbocycles. The van der Waals surface area contributed by atoms with Crippen LogP contribution in [-0.2, 0) is 0 Å². The van der Waals surface area contributed by atoms with Crippen molar-refractivity contribution in [1.29, 1.82) is 0 Å². The van der Waals surface area contributed by atoms with E-state index in [1.54, 1.807) is 24.3 Å². The summed E-state index contributed by atoms with van der Waals surface area (Å²) in [6.45, 7) is 1.94. The molecule has 2 amide bonds. The van der Waals surface area contributed by atoms with E-state index in [0.717, 1.165) is 23.4 Å². The fourth-order valence-electron chi connectivity index (χ4n) is 2.85. The Morgan fingerprint density at radius 1 is 1.04 bits per heavy atom. The van der Waals surface area contributed by atoms with Gasteiger partial charge in [-0.05, 0) is 43.5 Å². The molecule has 1 aliphatic carbocycles. The zero-order chi connectivity index (χ0) is 19.5. The van der Waals surface area contributed by atoms with Gasteiger partial charge in [-0.1, -0.05) is 47.7 Å². The highest BCUT2D eigenvalue weighted by Crippen LogP contribution is 2.41. The maximum absolute atomic E-state index is 12.6.